The molecule has 2 unspecified atom stereocenters. The number of nitrogens with zero attached hydrogens (tertiary/aromatic N) is 3. The van der Waals surface area contributed by atoms with Gasteiger partial charge in [0.1, 0.15) is 18.0 Å². The van der Waals surface area contributed by atoms with Gasteiger partial charge in [-0.05, 0) is 50.7 Å². The fraction of sp³-hybridized carbons (Fsp3) is 0.731. The van der Waals surface area contributed by atoms with Crippen LogP contribution >= 0.6 is 0 Å². The van der Waals surface area contributed by atoms with Crippen LogP contribution in [0.1, 0.15) is 57.6 Å². The lowest BCUT2D eigenvalue weighted by atomic mass is 9.99. The normalized spacial score (nSPS) is 17.4. The van der Waals surface area contributed by atoms with Gasteiger partial charge < -0.3 is 19.5 Å². The number of rotatable bonds is 24. The molecule has 46 heavy (non-hydrogen) atoms. The Kier molecular flexibility index (Phi) is 16.7. The predicted octanol–water partition coefficient (Wildman–Crippen LogP) is 0.962. The zero-order valence-electron chi connectivity index (χ0n) is 25.7. The van der Waals surface area contributed by atoms with Crippen LogP contribution < -0.4 is 5.32 Å². The molecular formula is C26H44N4O13S3. The highest BCUT2D eigenvalue weighted by Gasteiger charge is 2.32. The molecule has 17 nitrogen and oxygen atoms in total. The van der Waals surface area contributed by atoms with Gasteiger partial charge >= 0.3 is 0 Å². The molecule has 0 bridgehead atoms. The van der Waals surface area contributed by atoms with Gasteiger partial charge in [-0.1, -0.05) is 25.0 Å². The number of hydrogen-bond donors (Lipinski definition) is 4. The van der Waals surface area contributed by atoms with Crippen molar-refractivity contribution < 1.29 is 57.9 Å². The third-order valence-electron chi connectivity index (χ3n) is 6.47. The standard InChI is InChI=1S/C26H44N4O13S3/c1-2-3-4-9-22-20-30(29-28-22)11-5-10-27-26(31)21-18-23(41-12-6-15-44(32,33)34)25(43-14-8-17-46(38,39)40)24(19-21)42-13-7-16-45(35,36)37/h18-20,23,25H,2-17H2,1H3,(H,27,31)(H,32,33,34)(H,35,36,37)(H,38,39,40). The number of nitrogens with one attached hydrogen (secondary N) is 1. The Morgan fingerprint density at radius 1 is 0.870 bits per heavy atom. The van der Waals surface area contributed by atoms with E-state index >= 15 is 0 Å². The molecule has 1 aliphatic carbocycles. The third kappa shape index (κ3) is 17.5. The Morgan fingerprint density at radius 3 is 2.09 bits per heavy atom. The molecule has 1 aromatic rings. The minimum atomic E-state index is -4.26. The molecule has 2 rings (SSSR count). The summed E-state index contributed by atoms with van der Waals surface area (Å²) < 4.78 is 113. The van der Waals surface area contributed by atoms with Crippen LogP contribution in [-0.2, 0) is 62.3 Å². The molecule has 1 heterocycles. The van der Waals surface area contributed by atoms with Gasteiger partial charge in [0.05, 0.1) is 29.6 Å². The molecule has 0 saturated heterocycles. The molecule has 0 radical (unpaired) electrons. The summed E-state index contributed by atoms with van der Waals surface area (Å²) in [5.41, 5.74) is 0.998. The van der Waals surface area contributed by atoms with Crippen molar-refractivity contribution in [2.75, 3.05) is 43.6 Å². The molecular weight excluding hydrogens is 673 g/mol. The van der Waals surface area contributed by atoms with Crippen LogP contribution in [0.2, 0.25) is 0 Å². The van der Waals surface area contributed by atoms with Gasteiger partial charge in [-0.2, -0.15) is 25.3 Å². The highest BCUT2D eigenvalue weighted by atomic mass is 32.2. The molecule has 0 spiro atoms. The maximum Gasteiger partial charge on any atom is 0.264 e. The highest BCUT2D eigenvalue weighted by molar-refractivity contribution is 7.86. The number of hydrogen-bond acceptors (Lipinski definition) is 12. The first-order chi connectivity index (χ1) is 21.6. The minimum Gasteiger partial charge on any atom is -0.495 e. The van der Waals surface area contributed by atoms with Crippen LogP contribution in [0.3, 0.4) is 0 Å². The largest absolute Gasteiger partial charge is 0.495 e. The van der Waals surface area contributed by atoms with Crippen molar-refractivity contribution in [2.45, 2.75) is 77.0 Å². The molecule has 1 amide bonds. The molecule has 1 aromatic heterocycles. The van der Waals surface area contributed by atoms with E-state index in [9.17, 15) is 30.0 Å². The van der Waals surface area contributed by atoms with Crippen LogP contribution in [0.15, 0.2) is 29.7 Å². The average Bonchev–Trinajstić information content (AvgIpc) is 3.40. The van der Waals surface area contributed by atoms with Crippen LogP contribution in [-0.4, -0.2) is 116 Å². The van der Waals surface area contributed by atoms with Crippen LogP contribution in [0, 0.1) is 0 Å². The van der Waals surface area contributed by atoms with Crippen molar-refractivity contribution in [3.63, 3.8) is 0 Å². The molecule has 0 saturated carbocycles. The first-order valence-corrected chi connectivity index (χ1v) is 19.7. The van der Waals surface area contributed by atoms with Crippen molar-refractivity contribution >= 4 is 36.3 Å². The molecule has 4 N–H and O–H groups in total. The van der Waals surface area contributed by atoms with Gasteiger partial charge in [0.2, 0.25) is 0 Å². The van der Waals surface area contributed by atoms with Crippen molar-refractivity contribution in [3.8, 4) is 0 Å². The molecule has 20 heteroatoms. The van der Waals surface area contributed by atoms with Crippen LogP contribution in [0.4, 0.5) is 0 Å². The van der Waals surface area contributed by atoms with Crippen molar-refractivity contribution in [3.05, 3.63) is 35.4 Å². The summed E-state index contributed by atoms with van der Waals surface area (Å²) in [4.78, 5) is 13.1. The van der Waals surface area contributed by atoms with E-state index in [2.05, 4.69) is 22.6 Å². The summed E-state index contributed by atoms with van der Waals surface area (Å²) in [6.07, 6.45) is 6.83. The second-order valence-electron chi connectivity index (χ2n) is 10.6. The quantitative estimate of drug-likeness (QED) is 0.0859. The first kappa shape index (κ1) is 39.7. The van der Waals surface area contributed by atoms with Crippen molar-refractivity contribution in [1.82, 2.24) is 20.3 Å². The second-order valence-corrected chi connectivity index (χ2v) is 15.3. The van der Waals surface area contributed by atoms with E-state index < -0.39 is 65.7 Å². The lowest BCUT2D eigenvalue weighted by molar-refractivity contribution is -0.117. The average molecular weight is 717 g/mol. The Balaban J connectivity index is 2.12. The molecule has 1 aliphatic rings. The highest BCUT2D eigenvalue weighted by Crippen LogP contribution is 2.26. The van der Waals surface area contributed by atoms with Crippen LogP contribution in [0.5, 0.6) is 0 Å². The van der Waals surface area contributed by atoms with Gasteiger partial charge in [-0.3, -0.25) is 23.1 Å². The smallest absolute Gasteiger partial charge is 0.264 e. The Bertz CT molecular complexity index is 1490. The number of aryl methyl sites for hydroxylation is 2. The summed E-state index contributed by atoms with van der Waals surface area (Å²) in [5.74, 6) is -2.24. The minimum absolute atomic E-state index is 0.0350. The molecule has 0 aromatic carbocycles. The van der Waals surface area contributed by atoms with Gasteiger partial charge in [0.25, 0.3) is 36.3 Å². The van der Waals surface area contributed by atoms with Crippen molar-refractivity contribution in [2.24, 2.45) is 0 Å². The van der Waals surface area contributed by atoms with E-state index in [-0.39, 0.29) is 57.0 Å². The van der Waals surface area contributed by atoms with E-state index in [1.54, 1.807) is 4.68 Å². The van der Waals surface area contributed by atoms with Gasteiger partial charge in [0, 0.05) is 38.1 Å². The van der Waals surface area contributed by atoms with Gasteiger partial charge in [-0.25, -0.2) is 0 Å². The number of aromatic nitrogens is 3. The maximum absolute atomic E-state index is 13.1. The number of amides is 1. The first-order valence-electron chi connectivity index (χ1n) is 14.9. The van der Waals surface area contributed by atoms with Crippen molar-refractivity contribution in [1.29, 1.82) is 0 Å². The molecule has 0 aliphatic heterocycles. The van der Waals surface area contributed by atoms with Gasteiger partial charge in [-0.15, -0.1) is 5.10 Å². The van der Waals surface area contributed by atoms with E-state index in [0.29, 0.717) is 13.0 Å². The number of unbranched alkanes of at least 4 members (excludes halogenated alkanes) is 2. The molecule has 0 fully saturated rings. The van der Waals surface area contributed by atoms with E-state index in [1.807, 2.05) is 6.20 Å². The Labute approximate surface area is 270 Å². The second kappa shape index (κ2) is 19.4. The third-order valence-corrected chi connectivity index (χ3v) is 8.88. The summed E-state index contributed by atoms with van der Waals surface area (Å²) in [6, 6.07) is 0. The predicted molar refractivity (Wildman–Crippen MR) is 166 cm³/mol. The number of ether oxygens (including phenoxy) is 3. The topological polar surface area (TPSA) is 251 Å². The fourth-order valence-electron chi connectivity index (χ4n) is 4.29. The summed E-state index contributed by atoms with van der Waals surface area (Å²) >= 11 is 0. The number of carbonyl (C=O) groups is 1. The van der Waals surface area contributed by atoms with E-state index in [0.717, 1.165) is 31.4 Å². The van der Waals surface area contributed by atoms with E-state index in [4.69, 9.17) is 27.9 Å². The fourth-order valence-corrected chi connectivity index (χ4v) is 5.74. The Hall–Kier alpha value is -2.46. The lowest BCUT2D eigenvalue weighted by Gasteiger charge is -2.31. The monoisotopic (exact) mass is 716 g/mol. The lowest BCUT2D eigenvalue weighted by Crippen LogP contribution is -2.38. The number of carbonyl (C=O) groups excluding carboxylic acids is 1. The maximum atomic E-state index is 13.1. The molecule has 264 valence electrons. The van der Waals surface area contributed by atoms with Crippen LogP contribution in [0.25, 0.3) is 0 Å². The van der Waals surface area contributed by atoms with Gasteiger partial charge in [0.15, 0.2) is 0 Å². The Morgan fingerprint density at radius 2 is 1.48 bits per heavy atom. The summed E-state index contributed by atoms with van der Waals surface area (Å²) in [7, 11) is -12.8. The van der Waals surface area contributed by atoms with E-state index in [1.165, 1.54) is 12.2 Å². The zero-order chi connectivity index (χ0) is 34.2. The summed E-state index contributed by atoms with van der Waals surface area (Å²) in [5, 5.41) is 11.1. The molecule has 2 atom stereocenters. The summed E-state index contributed by atoms with van der Waals surface area (Å²) in [6.45, 7) is 2.32. The SMILES string of the molecule is CCCCCc1cn(CCCNC(=O)C2=CC(OCCCS(=O)(=O)O)C(OCCCS(=O)(=O)O)C(OCCCS(=O)(=O)O)=C2)nn1. The zero-order valence-corrected chi connectivity index (χ0v) is 28.1.